The number of methoxy groups -OCH3 is 1. The molecule has 5 nitrogen and oxygen atoms in total. The average molecular weight is 360 g/mol. The van der Waals surface area contributed by atoms with Crippen LogP contribution in [-0.2, 0) is 20.8 Å². The molecule has 144 valence electrons. The number of aryl methyl sites for hydroxylation is 2. The first-order valence-electron chi connectivity index (χ1n) is 9.72. The summed E-state index contributed by atoms with van der Waals surface area (Å²) in [7, 11) is 1.53. The SMILES string of the molecule is COCC(=O)NCC1CCC2(CCN(Cc3cc(C)ccc3C)CC2)O1. The maximum Gasteiger partial charge on any atom is 0.246 e. The summed E-state index contributed by atoms with van der Waals surface area (Å²) in [5.41, 5.74) is 4.16. The molecule has 1 spiro atoms. The van der Waals surface area contributed by atoms with Gasteiger partial charge in [-0.15, -0.1) is 0 Å². The number of nitrogens with zero attached hydrogens (tertiary/aromatic N) is 1. The Morgan fingerprint density at radius 1 is 1.31 bits per heavy atom. The molecule has 1 unspecified atom stereocenters. The highest BCUT2D eigenvalue weighted by atomic mass is 16.5. The van der Waals surface area contributed by atoms with Crippen LogP contribution in [0.4, 0.5) is 0 Å². The molecule has 2 aliphatic heterocycles. The standard InChI is InChI=1S/C21H32N2O3/c1-16-4-5-17(2)18(12-16)14-23-10-8-21(9-11-23)7-6-19(26-21)13-22-20(24)15-25-3/h4-5,12,19H,6-11,13-15H2,1-3H3,(H,22,24). The number of carbonyl (C=O) groups is 1. The van der Waals surface area contributed by atoms with E-state index < -0.39 is 0 Å². The van der Waals surface area contributed by atoms with E-state index in [4.69, 9.17) is 9.47 Å². The van der Waals surface area contributed by atoms with Gasteiger partial charge in [-0.3, -0.25) is 9.69 Å². The molecule has 0 bridgehead atoms. The lowest BCUT2D eigenvalue weighted by molar-refractivity contribution is -0.126. The van der Waals surface area contributed by atoms with Gasteiger partial charge < -0.3 is 14.8 Å². The van der Waals surface area contributed by atoms with Crippen LogP contribution in [0.2, 0.25) is 0 Å². The minimum absolute atomic E-state index is 0.0226. The number of hydrogen-bond donors (Lipinski definition) is 1. The van der Waals surface area contributed by atoms with Crippen LogP contribution in [-0.4, -0.2) is 55.9 Å². The molecule has 2 saturated heterocycles. The normalized spacial score (nSPS) is 22.7. The van der Waals surface area contributed by atoms with Crippen molar-refractivity contribution in [2.45, 2.75) is 57.8 Å². The maximum absolute atomic E-state index is 11.5. The van der Waals surface area contributed by atoms with Crippen molar-refractivity contribution in [3.05, 3.63) is 34.9 Å². The summed E-state index contributed by atoms with van der Waals surface area (Å²) in [6.07, 6.45) is 4.45. The topological polar surface area (TPSA) is 50.8 Å². The number of rotatable bonds is 6. The van der Waals surface area contributed by atoms with Gasteiger partial charge in [-0.25, -0.2) is 0 Å². The van der Waals surface area contributed by atoms with Crippen molar-refractivity contribution in [2.24, 2.45) is 0 Å². The van der Waals surface area contributed by atoms with Crippen LogP contribution in [0.3, 0.4) is 0 Å². The zero-order valence-corrected chi connectivity index (χ0v) is 16.3. The van der Waals surface area contributed by atoms with E-state index in [1.807, 2.05) is 0 Å². The lowest BCUT2D eigenvalue weighted by atomic mass is 9.88. The van der Waals surface area contributed by atoms with E-state index in [0.29, 0.717) is 6.54 Å². The monoisotopic (exact) mass is 360 g/mol. The van der Waals surface area contributed by atoms with E-state index in [9.17, 15) is 4.79 Å². The Kier molecular flexibility index (Phi) is 6.33. The van der Waals surface area contributed by atoms with Gasteiger partial charge in [-0.05, 0) is 50.7 Å². The number of likely N-dealkylation sites (tertiary alicyclic amines) is 1. The van der Waals surface area contributed by atoms with E-state index >= 15 is 0 Å². The van der Waals surface area contributed by atoms with Crippen LogP contribution in [0.25, 0.3) is 0 Å². The molecule has 1 amide bonds. The number of amides is 1. The molecule has 0 saturated carbocycles. The van der Waals surface area contributed by atoms with Crippen LogP contribution in [0.5, 0.6) is 0 Å². The lowest BCUT2D eigenvalue weighted by Crippen LogP contribution is -2.45. The molecule has 1 atom stereocenters. The predicted octanol–water partition coefficient (Wildman–Crippen LogP) is 2.58. The number of piperidine rings is 1. The molecule has 1 aromatic rings. The Hall–Kier alpha value is -1.43. The van der Waals surface area contributed by atoms with Crippen molar-refractivity contribution in [3.8, 4) is 0 Å². The summed E-state index contributed by atoms with van der Waals surface area (Å²) >= 11 is 0. The first-order chi connectivity index (χ1) is 12.5. The van der Waals surface area contributed by atoms with Gasteiger partial charge in [0, 0.05) is 33.3 Å². The van der Waals surface area contributed by atoms with E-state index in [1.54, 1.807) is 0 Å². The third kappa shape index (κ3) is 4.84. The van der Waals surface area contributed by atoms with Gasteiger partial charge in [0.15, 0.2) is 0 Å². The fourth-order valence-electron chi connectivity index (χ4n) is 4.15. The summed E-state index contributed by atoms with van der Waals surface area (Å²) in [5.74, 6) is -0.0691. The Morgan fingerprint density at radius 2 is 2.08 bits per heavy atom. The number of ether oxygens (including phenoxy) is 2. The minimum atomic E-state index is -0.0691. The van der Waals surface area contributed by atoms with Crippen LogP contribution in [0.15, 0.2) is 18.2 Å². The van der Waals surface area contributed by atoms with Gasteiger partial charge in [-0.1, -0.05) is 23.8 Å². The number of nitrogens with one attached hydrogen (secondary N) is 1. The molecule has 0 aliphatic carbocycles. The molecule has 5 heteroatoms. The van der Waals surface area contributed by atoms with E-state index in [2.05, 4.69) is 42.3 Å². The Balaban J connectivity index is 1.46. The molecule has 0 aromatic heterocycles. The third-order valence-corrected chi connectivity index (χ3v) is 5.81. The van der Waals surface area contributed by atoms with Gasteiger partial charge in [0.2, 0.25) is 5.91 Å². The van der Waals surface area contributed by atoms with E-state index in [1.165, 1.54) is 23.8 Å². The summed E-state index contributed by atoms with van der Waals surface area (Å²) in [6, 6.07) is 6.71. The highest BCUT2D eigenvalue weighted by molar-refractivity contribution is 5.77. The first kappa shape index (κ1) is 19.3. The van der Waals surface area contributed by atoms with Crippen molar-refractivity contribution >= 4 is 5.91 Å². The smallest absolute Gasteiger partial charge is 0.246 e. The predicted molar refractivity (Wildman–Crippen MR) is 102 cm³/mol. The fraction of sp³-hybridized carbons (Fsp3) is 0.667. The summed E-state index contributed by atoms with van der Waals surface area (Å²) in [4.78, 5) is 14.1. The molecule has 2 heterocycles. The highest BCUT2D eigenvalue weighted by Gasteiger charge is 2.42. The van der Waals surface area contributed by atoms with E-state index in [0.717, 1.165) is 45.3 Å². The second-order valence-electron chi connectivity index (χ2n) is 7.90. The second-order valence-corrected chi connectivity index (χ2v) is 7.90. The quantitative estimate of drug-likeness (QED) is 0.847. The number of hydrogen-bond acceptors (Lipinski definition) is 4. The molecular formula is C21H32N2O3. The molecule has 0 radical (unpaired) electrons. The van der Waals surface area contributed by atoms with Gasteiger partial charge in [-0.2, -0.15) is 0 Å². The number of carbonyl (C=O) groups excluding carboxylic acids is 1. The summed E-state index contributed by atoms with van der Waals surface area (Å²) < 4.78 is 11.2. The summed E-state index contributed by atoms with van der Waals surface area (Å²) in [5, 5.41) is 2.90. The third-order valence-electron chi connectivity index (χ3n) is 5.81. The Morgan fingerprint density at radius 3 is 2.81 bits per heavy atom. The van der Waals surface area contributed by atoms with Crippen LogP contribution in [0.1, 0.15) is 42.4 Å². The van der Waals surface area contributed by atoms with Gasteiger partial charge in [0.25, 0.3) is 0 Å². The van der Waals surface area contributed by atoms with Crippen molar-refractivity contribution in [3.63, 3.8) is 0 Å². The summed E-state index contributed by atoms with van der Waals surface area (Å²) in [6.45, 7) is 8.25. The van der Waals surface area contributed by atoms with Crippen molar-refractivity contribution in [2.75, 3.05) is 33.4 Å². The minimum Gasteiger partial charge on any atom is -0.375 e. The van der Waals surface area contributed by atoms with Crippen LogP contribution >= 0.6 is 0 Å². The van der Waals surface area contributed by atoms with Crippen LogP contribution < -0.4 is 5.32 Å². The Labute approximate surface area is 157 Å². The zero-order chi connectivity index (χ0) is 18.6. The number of benzene rings is 1. The molecular weight excluding hydrogens is 328 g/mol. The van der Waals surface area contributed by atoms with Gasteiger partial charge in [0.05, 0.1) is 11.7 Å². The van der Waals surface area contributed by atoms with Gasteiger partial charge >= 0.3 is 0 Å². The zero-order valence-electron chi connectivity index (χ0n) is 16.3. The molecule has 1 aromatic carbocycles. The molecule has 3 rings (SSSR count). The van der Waals surface area contributed by atoms with Crippen molar-refractivity contribution < 1.29 is 14.3 Å². The highest BCUT2D eigenvalue weighted by Crippen LogP contribution is 2.39. The maximum atomic E-state index is 11.5. The second kappa shape index (κ2) is 8.51. The molecule has 2 aliphatic rings. The molecule has 2 fully saturated rings. The van der Waals surface area contributed by atoms with Crippen molar-refractivity contribution in [1.82, 2.24) is 10.2 Å². The fourth-order valence-corrected chi connectivity index (χ4v) is 4.15. The van der Waals surface area contributed by atoms with Crippen molar-refractivity contribution in [1.29, 1.82) is 0 Å². The van der Waals surface area contributed by atoms with E-state index in [-0.39, 0.29) is 24.2 Å². The molecule has 26 heavy (non-hydrogen) atoms. The lowest BCUT2D eigenvalue weighted by Gasteiger charge is -2.39. The molecule has 1 N–H and O–H groups in total. The largest absolute Gasteiger partial charge is 0.375 e. The average Bonchev–Trinajstić information content (AvgIpc) is 3.02. The van der Waals surface area contributed by atoms with Gasteiger partial charge in [0.1, 0.15) is 6.61 Å². The van der Waals surface area contributed by atoms with Crippen LogP contribution in [0, 0.1) is 13.8 Å². The first-order valence-corrected chi connectivity index (χ1v) is 9.72. The Bertz CT molecular complexity index is 624.